The molecule has 2 aliphatic rings. The van der Waals surface area contributed by atoms with Crippen LogP contribution in [-0.4, -0.2) is 45.2 Å². The van der Waals surface area contributed by atoms with Gasteiger partial charge >= 0.3 is 0 Å². The van der Waals surface area contributed by atoms with Crippen LogP contribution in [0.2, 0.25) is 5.02 Å². The van der Waals surface area contributed by atoms with Crippen molar-refractivity contribution in [3.63, 3.8) is 0 Å². The van der Waals surface area contributed by atoms with Crippen LogP contribution in [0.5, 0.6) is 0 Å². The van der Waals surface area contributed by atoms with E-state index in [4.69, 9.17) is 17.3 Å². The Morgan fingerprint density at radius 2 is 2.17 bits per heavy atom. The van der Waals surface area contributed by atoms with Gasteiger partial charge in [0.1, 0.15) is 16.4 Å². The van der Waals surface area contributed by atoms with Crippen molar-refractivity contribution in [1.82, 2.24) is 14.5 Å². The molecule has 24 heavy (non-hydrogen) atoms. The van der Waals surface area contributed by atoms with Crippen LogP contribution in [0, 0.1) is 5.82 Å². The van der Waals surface area contributed by atoms with Crippen LogP contribution >= 0.6 is 11.6 Å². The van der Waals surface area contributed by atoms with Gasteiger partial charge in [0.25, 0.3) is 5.56 Å². The zero-order valence-corrected chi connectivity index (χ0v) is 13.8. The third-order valence-electron chi connectivity index (χ3n) is 5.02. The van der Waals surface area contributed by atoms with Crippen molar-refractivity contribution in [1.29, 1.82) is 0 Å². The third kappa shape index (κ3) is 2.35. The molecule has 0 aliphatic carbocycles. The Balaban J connectivity index is 1.80. The summed E-state index contributed by atoms with van der Waals surface area (Å²) in [7, 11) is 0. The van der Waals surface area contributed by atoms with Gasteiger partial charge < -0.3 is 15.4 Å². The van der Waals surface area contributed by atoms with Crippen molar-refractivity contribution in [2.45, 2.75) is 31.0 Å². The van der Waals surface area contributed by atoms with Gasteiger partial charge in [-0.25, -0.2) is 4.39 Å². The van der Waals surface area contributed by atoms with Crippen molar-refractivity contribution in [2.24, 2.45) is 5.73 Å². The largest absolute Gasteiger partial charge is 0.382 e. The highest BCUT2D eigenvalue weighted by Gasteiger charge is 2.43. The maximum absolute atomic E-state index is 14.5. The highest BCUT2D eigenvalue weighted by Crippen LogP contribution is 2.38. The number of piperidine rings is 1. The summed E-state index contributed by atoms with van der Waals surface area (Å²) in [5.41, 5.74) is 4.87. The second-order valence-corrected chi connectivity index (χ2v) is 7.15. The topological polar surface area (TPSA) is 84.4 Å². The first kappa shape index (κ1) is 16.0. The van der Waals surface area contributed by atoms with Crippen molar-refractivity contribution in [2.75, 3.05) is 19.6 Å². The molecule has 0 saturated carbocycles. The van der Waals surface area contributed by atoms with Crippen LogP contribution in [0.1, 0.15) is 18.4 Å². The van der Waals surface area contributed by atoms with Crippen molar-refractivity contribution >= 4 is 22.6 Å². The molecule has 2 aromatic heterocycles. The molecule has 0 amide bonds. The summed E-state index contributed by atoms with van der Waals surface area (Å²) >= 11 is 5.96. The van der Waals surface area contributed by atoms with E-state index in [-0.39, 0.29) is 29.7 Å². The number of nitrogens with zero attached hydrogens (tertiary/aromatic N) is 3. The summed E-state index contributed by atoms with van der Waals surface area (Å²) in [5.74, 6) is -0.605. The van der Waals surface area contributed by atoms with Crippen molar-refractivity contribution in [3.8, 4) is 0 Å². The van der Waals surface area contributed by atoms with E-state index in [0.29, 0.717) is 11.0 Å². The smallest absolute Gasteiger partial charge is 0.270 e. The lowest BCUT2D eigenvalue weighted by Crippen LogP contribution is -2.47. The maximum Gasteiger partial charge on any atom is 0.270 e. The summed E-state index contributed by atoms with van der Waals surface area (Å²) < 4.78 is 15.8. The van der Waals surface area contributed by atoms with Crippen LogP contribution in [0.15, 0.2) is 17.1 Å². The van der Waals surface area contributed by atoms with E-state index in [1.807, 2.05) is 0 Å². The number of β-amino-alcohol motifs (C(OH)–C–C–N with tert-alkyl or cyclic N) is 1. The average molecular weight is 353 g/mol. The van der Waals surface area contributed by atoms with Gasteiger partial charge in [0.05, 0.1) is 29.3 Å². The van der Waals surface area contributed by atoms with Crippen LogP contribution in [-0.2, 0) is 12.1 Å². The summed E-state index contributed by atoms with van der Waals surface area (Å²) in [4.78, 5) is 18.4. The fourth-order valence-corrected chi connectivity index (χ4v) is 4.03. The van der Waals surface area contributed by atoms with Gasteiger partial charge in [-0.2, -0.15) is 0 Å². The second kappa shape index (κ2) is 5.49. The van der Waals surface area contributed by atoms with E-state index in [2.05, 4.69) is 9.88 Å². The summed E-state index contributed by atoms with van der Waals surface area (Å²) in [5, 5.41) is 11.2. The number of aromatic nitrogens is 2. The fourth-order valence-electron chi connectivity index (χ4n) is 3.83. The van der Waals surface area contributed by atoms with Crippen molar-refractivity contribution < 1.29 is 9.50 Å². The van der Waals surface area contributed by atoms with E-state index in [0.717, 1.165) is 32.1 Å². The SMILES string of the molecule is NC1CCN(CC2(O)Cn3c(=O)c(Cl)cc4ncc(F)c2c43)CC1. The van der Waals surface area contributed by atoms with Gasteiger partial charge in [-0.1, -0.05) is 11.6 Å². The minimum Gasteiger partial charge on any atom is -0.382 e. The molecule has 3 N–H and O–H groups in total. The van der Waals surface area contributed by atoms with E-state index in [1.165, 1.54) is 10.6 Å². The number of halogens is 2. The molecule has 1 saturated heterocycles. The monoisotopic (exact) mass is 352 g/mol. The van der Waals surface area contributed by atoms with E-state index < -0.39 is 17.0 Å². The van der Waals surface area contributed by atoms with Gasteiger partial charge in [-0.15, -0.1) is 0 Å². The Morgan fingerprint density at radius 1 is 1.46 bits per heavy atom. The van der Waals surface area contributed by atoms with Gasteiger partial charge in [-0.05, 0) is 32.0 Å². The first-order valence-electron chi connectivity index (χ1n) is 7.97. The summed E-state index contributed by atoms with van der Waals surface area (Å²) in [6.45, 7) is 1.70. The van der Waals surface area contributed by atoms with Gasteiger partial charge in [0.2, 0.25) is 0 Å². The molecule has 6 nitrogen and oxygen atoms in total. The Kier molecular flexibility index (Phi) is 3.65. The first-order valence-corrected chi connectivity index (χ1v) is 8.35. The molecular formula is C16H18ClFN4O2. The van der Waals surface area contributed by atoms with Gasteiger partial charge in [0.15, 0.2) is 0 Å². The fraction of sp³-hybridized carbons (Fsp3) is 0.500. The number of aliphatic hydroxyl groups is 1. The molecule has 1 unspecified atom stereocenters. The molecular weight excluding hydrogens is 335 g/mol. The molecule has 2 aliphatic heterocycles. The number of nitrogens with two attached hydrogens (primary N) is 1. The van der Waals surface area contributed by atoms with Crippen LogP contribution in [0.3, 0.4) is 0 Å². The number of pyridine rings is 2. The lowest BCUT2D eigenvalue weighted by molar-refractivity contribution is -0.0150. The molecule has 0 radical (unpaired) electrons. The normalized spacial score (nSPS) is 24.8. The molecule has 1 atom stereocenters. The molecule has 8 heteroatoms. The third-order valence-corrected chi connectivity index (χ3v) is 5.29. The predicted molar refractivity (Wildman–Crippen MR) is 88.5 cm³/mol. The Bertz CT molecular complexity index is 878. The minimum atomic E-state index is -1.48. The van der Waals surface area contributed by atoms with Crippen LogP contribution < -0.4 is 11.3 Å². The van der Waals surface area contributed by atoms with Crippen LogP contribution in [0.4, 0.5) is 4.39 Å². The molecule has 2 aromatic rings. The zero-order chi connectivity index (χ0) is 17.1. The molecule has 1 fully saturated rings. The molecule has 4 rings (SSSR count). The Hall–Kier alpha value is -1.54. The van der Waals surface area contributed by atoms with E-state index in [9.17, 15) is 14.3 Å². The lowest BCUT2D eigenvalue weighted by Gasteiger charge is -2.35. The van der Waals surface area contributed by atoms with Crippen LogP contribution in [0.25, 0.3) is 11.0 Å². The highest BCUT2D eigenvalue weighted by atomic mass is 35.5. The minimum absolute atomic E-state index is 0.0146. The zero-order valence-electron chi connectivity index (χ0n) is 13.0. The predicted octanol–water partition coefficient (Wildman–Crippen LogP) is 0.813. The number of hydrogen-bond donors (Lipinski definition) is 2. The quantitative estimate of drug-likeness (QED) is 0.835. The standard InChI is InChI=1S/C16H18ClFN4O2/c17-10-5-12-14-13(11(18)6-20-12)16(24,8-22(14)15(10)23)7-21-3-1-9(19)2-4-21/h5-6,9,24H,1-4,7-8,19H2. The lowest BCUT2D eigenvalue weighted by atomic mass is 9.93. The Morgan fingerprint density at radius 3 is 2.88 bits per heavy atom. The summed E-state index contributed by atoms with van der Waals surface area (Å²) in [6, 6.07) is 1.59. The maximum atomic E-state index is 14.5. The van der Waals surface area contributed by atoms with Gasteiger partial charge in [-0.3, -0.25) is 14.7 Å². The Labute approximate surface area is 142 Å². The average Bonchev–Trinajstić information content (AvgIpc) is 2.85. The molecule has 0 bridgehead atoms. The number of hydrogen-bond acceptors (Lipinski definition) is 5. The molecule has 0 spiro atoms. The van der Waals surface area contributed by atoms with E-state index >= 15 is 0 Å². The molecule has 4 heterocycles. The highest BCUT2D eigenvalue weighted by molar-refractivity contribution is 6.31. The summed E-state index contributed by atoms with van der Waals surface area (Å²) in [6.07, 6.45) is 2.75. The number of likely N-dealkylation sites (tertiary alicyclic amines) is 1. The molecule has 0 aromatic carbocycles. The van der Waals surface area contributed by atoms with Crippen molar-refractivity contribution in [3.05, 3.63) is 39.0 Å². The second-order valence-electron chi connectivity index (χ2n) is 6.74. The van der Waals surface area contributed by atoms with Gasteiger partial charge in [0, 0.05) is 12.6 Å². The first-order chi connectivity index (χ1) is 11.4. The van der Waals surface area contributed by atoms with E-state index in [1.54, 1.807) is 0 Å². The number of rotatable bonds is 2. The molecule has 128 valence electrons.